The van der Waals surface area contributed by atoms with Crippen molar-refractivity contribution in [1.29, 1.82) is 0 Å². The van der Waals surface area contributed by atoms with Gasteiger partial charge in [-0.2, -0.15) is 0 Å². The van der Waals surface area contributed by atoms with E-state index in [4.69, 9.17) is 0 Å². The zero-order chi connectivity index (χ0) is 15.4. The lowest BCUT2D eigenvalue weighted by Gasteiger charge is -2.20. The van der Waals surface area contributed by atoms with Gasteiger partial charge in [-0.1, -0.05) is 6.07 Å². The molecular formula is C14H14N2O4S. The predicted octanol–water partition coefficient (Wildman–Crippen LogP) is 3.03. The lowest BCUT2D eigenvalue weighted by Crippen LogP contribution is -2.22. The van der Waals surface area contributed by atoms with Gasteiger partial charge < -0.3 is 10.0 Å². The smallest absolute Gasteiger partial charge is 0.337 e. The normalized spacial score (nSPS) is 10.3. The van der Waals surface area contributed by atoms with Gasteiger partial charge in [0.2, 0.25) is 0 Å². The maximum atomic E-state index is 11.2. The largest absolute Gasteiger partial charge is 0.478 e. The number of non-ortho nitro benzene ring substituents is 1. The van der Waals surface area contributed by atoms with Gasteiger partial charge in [0.1, 0.15) is 0 Å². The van der Waals surface area contributed by atoms with Crippen molar-refractivity contribution >= 4 is 28.7 Å². The Morgan fingerprint density at radius 2 is 2.19 bits per heavy atom. The summed E-state index contributed by atoms with van der Waals surface area (Å²) in [5.41, 5.74) is 0.306. The summed E-state index contributed by atoms with van der Waals surface area (Å²) in [6.07, 6.45) is 0.760. The van der Waals surface area contributed by atoms with Crippen LogP contribution in [0.5, 0.6) is 0 Å². The molecule has 0 spiro atoms. The summed E-state index contributed by atoms with van der Waals surface area (Å²) in [7, 11) is 1.74. The number of likely N-dealkylation sites (N-methyl/N-ethyl adjacent to an activating group) is 1. The monoisotopic (exact) mass is 306 g/mol. The van der Waals surface area contributed by atoms with Crippen molar-refractivity contribution in [2.45, 2.75) is 6.42 Å². The van der Waals surface area contributed by atoms with Crippen LogP contribution in [0.2, 0.25) is 0 Å². The maximum absolute atomic E-state index is 11.2. The molecule has 1 aromatic heterocycles. The number of aromatic carboxylic acids is 1. The summed E-state index contributed by atoms with van der Waals surface area (Å²) in [5.74, 6) is -1.09. The first kappa shape index (κ1) is 15.0. The van der Waals surface area contributed by atoms with E-state index in [1.165, 1.54) is 23.1 Å². The Bertz CT molecular complexity index is 655. The van der Waals surface area contributed by atoms with Crippen molar-refractivity contribution in [3.8, 4) is 0 Å². The molecule has 0 amide bonds. The minimum atomic E-state index is -1.09. The van der Waals surface area contributed by atoms with E-state index in [2.05, 4.69) is 0 Å². The van der Waals surface area contributed by atoms with Crippen LogP contribution in [0.3, 0.4) is 0 Å². The van der Waals surface area contributed by atoms with Crippen molar-refractivity contribution in [2.75, 3.05) is 18.5 Å². The molecule has 0 aliphatic heterocycles. The van der Waals surface area contributed by atoms with Crippen LogP contribution in [0.4, 0.5) is 11.4 Å². The van der Waals surface area contributed by atoms with Crippen LogP contribution in [0.1, 0.15) is 15.2 Å². The van der Waals surface area contributed by atoms with Crippen LogP contribution in [0, 0.1) is 10.1 Å². The van der Waals surface area contributed by atoms with Crippen molar-refractivity contribution in [2.24, 2.45) is 0 Å². The number of nitro benzene ring substituents is 1. The molecule has 0 aliphatic rings. The lowest BCUT2D eigenvalue weighted by molar-refractivity contribution is -0.384. The second kappa shape index (κ2) is 6.36. The summed E-state index contributed by atoms with van der Waals surface area (Å²) in [6.45, 7) is 0.585. The Labute approximate surface area is 125 Å². The zero-order valence-corrected chi connectivity index (χ0v) is 12.2. The van der Waals surface area contributed by atoms with Crippen molar-refractivity contribution < 1.29 is 14.8 Å². The summed E-state index contributed by atoms with van der Waals surface area (Å²) in [4.78, 5) is 24.5. The topological polar surface area (TPSA) is 83.7 Å². The average Bonchev–Trinajstić information content (AvgIpc) is 2.97. The molecule has 0 saturated carbocycles. The number of hydrogen-bond donors (Lipinski definition) is 1. The molecule has 21 heavy (non-hydrogen) atoms. The molecule has 2 aromatic rings. The van der Waals surface area contributed by atoms with Crippen LogP contribution in [0.25, 0.3) is 0 Å². The number of anilines is 1. The summed E-state index contributed by atoms with van der Waals surface area (Å²) < 4.78 is 0. The second-order valence-electron chi connectivity index (χ2n) is 4.51. The van der Waals surface area contributed by atoms with Gasteiger partial charge in [-0.3, -0.25) is 10.1 Å². The highest BCUT2D eigenvalue weighted by Gasteiger charge is 2.18. The van der Waals surface area contributed by atoms with Crippen molar-refractivity contribution in [1.82, 2.24) is 0 Å². The molecule has 1 N–H and O–H groups in total. The molecule has 1 heterocycles. The first-order chi connectivity index (χ1) is 9.99. The van der Waals surface area contributed by atoms with E-state index in [-0.39, 0.29) is 11.3 Å². The van der Waals surface area contributed by atoms with Gasteiger partial charge in [0.25, 0.3) is 5.69 Å². The molecule has 0 aliphatic carbocycles. The van der Waals surface area contributed by atoms with Crippen LogP contribution < -0.4 is 4.90 Å². The predicted molar refractivity (Wildman–Crippen MR) is 81.3 cm³/mol. The molecule has 7 heteroatoms. The number of benzene rings is 1. The molecule has 0 unspecified atom stereocenters. The quantitative estimate of drug-likeness (QED) is 0.655. The molecule has 6 nitrogen and oxygen atoms in total. The molecule has 1 aromatic carbocycles. The second-order valence-corrected chi connectivity index (χ2v) is 5.55. The SMILES string of the molecule is CN(CCc1cccs1)c1cc([N+](=O)[O-])ccc1C(=O)O. The fourth-order valence-electron chi connectivity index (χ4n) is 1.98. The first-order valence-electron chi connectivity index (χ1n) is 6.24. The van der Waals surface area contributed by atoms with Crippen molar-refractivity contribution in [3.63, 3.8) is 0 Å². The number of carbonyl (C=O) groups is 1. The van der Waals surface area contributed by atoms with E-state index in [9.17, 15) is 20.0 Å². The summed E-state index contributed by atoms with van der Waals surface area (Å²) in [5, 5.41) is 22.0. The third kappa shape index (κ3) is 3.57. The fourth-order valence-corrected chi connectivity index (χ4v) is 2.68. The molecule has 0 saturated heterocycles. The standard InChI is InChI=1S/C14H14N2O4S/c1-15(7-6-11-3-2-8-21-11)13-9-10(16(19)20)4-5-12(13)14(17)18/h2-5,8-9H,6-7H2,1H3,(H,17,18). The Hall–Kier alpha value is -2.41. The minimum absolute atomic E-state index is 0.0641. The van der Waals surface area contributed by atoms with Crippen molar-refractivity contribution in [3.05, 3.63) is 56.3 Å². The number of hydrogen-bond acceptors (Lipinski definition) is 5. The Balaban J connectivity index is 2.24. The van der Waals surface area contributed by atoms with E-state index in [0.717, 1.165) is 6.42 Å². The summed E-state index contributed by atoms with van der Waals surface area (Å²) >= 11 is 1.63. The van der Waals surface area contributed by atoms with E-state index >= 15 is 0 Å². The average molecular weight is 306 g/mol. The van der Waals surface area contributed by atoms with Crippen LogP contribution in [-0.4, -0.2) is 29.6 Å². The number of nitrogens with zero attached hydrogens (tertiary/aromatic N) is 2. The number of carboxylic acids is 1. The van der Waals surface area contributed by atoms with Gasteiger partial charge >= 0.3 is 5.97 Å². The van der Waals surface area contributed by atoms with Gasteiger partial charge in [0, 0.05) is 30.6 Å². The van der Waals surface area contributed by atoms with Crippen LogP contribution >= 0.6 is 11.3 Å². The fraction of sp³-hybridized carbons (Fsp3) is 0.214. The lowest BCUT2D eigenvalue weighted by atomic mass is 10.1. The first-order valence-corrected chi connectivity index (χ1v) is 7.12. The zero-order valence-electron chi connectivity index (χ0n) is 11.4. The molecular weight excluding hydrogens is 292 g/mol. The van der Waals surface area contributed by atoms with Gasteiger partial charge in [0.15, 0.2) is 0 Å². The van der Waals surface area contributed by atoms with Crippen LogP contribution in [0.15, 0.2) is 35.7 Å². The molecule has 2 rings (SSSR count). The van der Waals surface area contributed by atoms with Gasteiger partial charge in [0.05, 0.1) is 16.2 Å². The van der Waals surface area contributed by atoms with E-state index in [0.29, 0.717) is 12.2 Å². The number of nitro groups is 1. The summed E-state index contributed by atoms with van der Waals surface area (Å²) in [6, 6.07) is 7.75. The number of rotatable bonds is 6. The highest BCUT2D eigenvalue weighted by molar-refractivity contribution is 7.09. The highest BCUT2D eigenvalue weighted by atomic mass is 32.1. The van der Waals surface area contributed by atoms with Crippen LogP contribution in [-0.2, 0) is 6.42 Å². The highest BCUT2D eigenvalue weighted by Crippen LogP contribution is 2.26. The Morgan fingerprint density at radius 3 is 2.76 bits per heavy atom. The van der Waals surface area contributed by atoms with E-state index in [1.54, 1.807) is 23.3 Å². The third-order valence-electron chi connectivity index (χ3n) is 3.11. The Morgan fingerprint density at radius 1 is 1.43 bits per heavy atom. The molecule has 0 radical (unpaired) electrons. The third-order valence-corrected chi connectivity index (χ3v) is 4.04. The minimum Gasteiger partial charge on any atom is -0.478 e. The maximum Gasteiger partial charge on any atom is 0.337 e. The molecule has 110 valence electrons. The molecule has 0 atom stereocenters. The van der Waals surface area contributed by atoms with Gasteiger partial charge in [-0.25, -0.2) is 4.79 Å². The van der Waals surface area contributed by atoms with E-state index in [1.807, 2.05) is 17.5 Å². The number of carboxylic acid groups (broad SMARTS) is 1. The Kier molecular flexibility index (Phi) is 4.54. The van der Waals surface area contributed by atoms with Gasteiger partial charge in [-0.05, 0) is 23.9 Å². The van der Waals surface area contributed by atoms with Gasteiger partial charge in [-0.15, -0.1) is 11.3 Å². The van der Waals surface area contributed by atoms with E-state index < -0.39 is 10.9 Å². The molecule has 0 fully saturated rings. The number of thiophene rings is 1. The molecule has 0 bridgehead atoms.